The molecule has 3 nitrogen and oxygen atoms in total. The molecule has 0 saturated carbocycles. The summed E-state index contributed by atoms with van der Waals surface area (Å²) in [6.45, 7) is 1.78. The lowest BCUT2D eigenvalue weighted by atomic mass is 10.1. The molecule has 0 bridgehead atoms. The van der Waals surface area contributed by atoms with E-state index < -0.39 is 0 Å². The summed E-state index contributed by atoms with van der Waals surface area (Å²) in [7, 11) is 0. The highest BCUT2D eigenvalue weighted by Gasteiger charge is 2.12. The third kappa shape index (κ3) is 1.80. The minimum atomic E-state index is 0.592. The minimum Gasteiger partial charge on any atom is -0.381 e. The number of anilines is 1. The molecule has 1 saturated heterocycles. The van der Waals surface area contributed by atoms with Crippen molar-refractivity contribution in [3.63, 3.8) is 0 Å². The van der Waals surface area contributed by atoms with Gasteiger partial charge in [-0.25, -0.2) is 0 Å². The SMILES string of the molecule is c1cc(NC2CCOCC2)c[nH]1. The molecule has 0 aromatic carbocycles. The summed E-state index contributed by atoms with van der Waals surface area (Å²) >= 11 is 0. The van der Waals surface area contributed by atoms with Crippen LogP contribution in [-0.2, 0) is 4.74 Å². The zero-order chi connectivity index (χ0) is 8.23. The third-order valence-corrected chi connectivity index (χ3v) is 2.19. The van der Waals surface area contributed by atoms with Crippen LogP contribution in [0.25, 0.3) is 0 Å². The largest absolute Gasteiger partial charge is 0.381 e. The van der Waals surface area contributed by atoms with Gasteiger partial charge < -0.3 is 15.0 Å². The van der Waals surface area contributed by atoms with Gasteiger partial charge in [0.05, 0.1) is 5.69 Å². The van der Waals surface area contributed by atoms with E-state index in [-0.39, 0.29) is 0 Å². The highest BCUT2D eigenvalue weighted by Crippen LogP contribution is 2.13. The molecule has 2 heterocycles. The molecule has 1 fully saturated rings. The number of rotatable bonds is 2. The molecule has 1 aliphatic rings. The summed E-state index contributed by atoms with van der Waals surface area (Å²) in [6, 6.07) is 2.64. The van der Waals surface area contributed by atoms with Crippen LogP contribution in [0.2, 0.25) is 0 Å². The Morgan fingerprint density at radius 3 is 2.92 bits per heavy atom. The minimum absolute atomic E-state index is 0.592. The number of hydrogen-bond acceptors (Lipinski definition) is 2. The fraction of sp³-hybridized carbons (Fsp3) is 0.556. The maximum Gasteiger partial charge on any atom is 0.0519 e. The van der Waals surface area contributed by atoms with Gasteiger partial charge in [0, 0.05) is 31.6 Å². The maximum atomic E-state index is 5.27. The Kier molecular flexibility index (Phi) is 2.32. The zero-order valence-electron chi connectivity index (χ0n) is 7.05. The normalized spacial score (nSPS) is 19.3. The van der Waals surface area contributed by atoms with Gasteiger partial charge in [0.25, 0.3) is 0 Å². The van der Waals surface area contributed by atoms with Crippen LogP contribution in [0.15, 0.2) is 18.5 Å². The third-order valence-electron chi connectivity index (χ3n) is 2.19. The van der Waals surface area contributed by atoms with Gasteiger partial charge in [-0.15, -0.1) is 0 Å². The molecule has 2 N–H and O–H groups in total. The molecule has 0 atom stereocenters. The van der Waals surface area contributed by atoms with E-state index in [0.717, 1.165) is 26.1 Å². The molecule has 1 aromatic heterocycles. The molecule has 66 valence electrons. The lowest BCUT2D eigenvalue weighted by molar-refractivity contribution is 0.0904. The zero-order valence-corrected chi connectivity index (χ0v) is 7.05. The molecule has 0 aliphatic carbocycles. The molecule has 2 rings (SSSR count). The summed E-state index contributed by atoms with van der Waals surface area (Å²) in [5, 5.41) is 3.45. The summed E-state index contributed by atoms with van der Waals surface area (Å²) in [6.07, 6.45) is 6.15. The second kappa shape index (κ2) is 3.63. The fourth-order valence-electron chi connectivity index (χ4n) is 1.49. The molecule has 12 heavy (non-hydrogen) atoms. The lowest BCUT2D eigenvalue weighted by Gasteiger charge is -2.23. The van der Waals surface area contributed by atoms with Gasteiger partial charge in [-0.3, -0.25) is 0 Å². The van der Waals surface area contributed by atoms with Gasteiger partial charge in [-0.05, 0) is 18.9 Å². The van der Waals surface area contributed by atoms with Crippen LogP contribution in [-0.4, -0.2) is 24.2 Å². The summed E-state index contributed by atoms with van der Waals surface area (Å²) in [5.74, 6) is 0. The van der Waals surface area contributed by atoms with E-state index >= 15 is 0 Å². The summed E-state index contributed by atoms with van der Waals surface area (Å²) in [4.78, 5) is 3.03. The van der Waals surface area contributed by atoms with Crippen LogP contribution >= 0.6 is 0 Å². The van der Waals surface area contributed by atoms with Gasteiger partial charge in [0.15, 0.2) is 0 Å². The Hall–Kier alpha value is -0.960. The van der Waals surface area contributed by atoms with Crippen molar-refractivity contribution in [2.45, 2.75) is 18.9 Å². The second-order valence-corrected chi connectivity index (χ2v) is 3.13. The van der Waals surface area contributed by atoms with Gasteiger partial charge >= 0.3 is 0 Å². The molecule has 0 unspecified atom stereocenters. The predicted molar refractivity (Wildman–Crippen MR) is 48.3 cm³/mol. The molecule has 1 aromatic rings. The van der Waals surface area contributed by atoms with Crippen molar-refractivity contribution in [2.24, 2.45) is 0 Å². The summed E-state index contributed by atoms with van der Waals surface area (Å²) in [5.41, 5.74) is 1.18. The Bertz CT molecular complexity index is 214. The first kappa shape index (κ1) is 7.68. The monoisotopic (exact) mass is 166 g/mol. The van der Waals surface area contributed by atoms with Crippen molar-refractivity contribution in [2.75, 3.05) is 18.5 Å². The fourth-order valence-corrected chi connectivity index (χ4v) is 1.49. The van der Waals surface area contributed by atoms with E-state index in [1.165, 1.54) is 5.69 Å². The number of aromatic amines is 1. The van der Waals surface area contributed by atoms with Crippen molar-refractivity contribution < 1.29 is 4.74 Å². The summed E-state index contributed by atoms with van der Waals surface area (Å²) < 4.78 is 5.27. The standard InChI is InChI=1S/C9H14N2O/c1-4-10-7-9(1)11-8-2-5-12-6-3-8/h1,4,7-8,10-11H,2-3,5-6H2. The van der Waals surface area contributed by atoms with Crippen LogP contribution in [0.3, 0.4) is 0 Å². The quantitative estimate of drug-likeness (QED) is 0.700. The number of aromatic nitrogens is 1. The molecular weight excluding hydrogens is 152 g/mol. The number of ether oxygens (including phenoxy) is 1. The van der Waals surface area contributed by atoms with E-state index in [2.05, 4.69) is 16.4 Å². The molecule has 3 heteroatoms. The van der Waals surface area contributed by atoms with Gasteiger partial charge in [0.1, 0.15) is 0 Å². The Morgan fingerprint density at radius 1 is 1.42 bits per heavy atom. The average Bonchev–Trinajstić information content (AvgIpc) is 2.59. The number of H-pyrrole nitrogens is 1. The highest BCUT2D eigenvalue weighted by molar-refractivity contribution is 5.41. The van der Waals surface area contributed by atoms with Gasteiger partial charge in [-0.2, -0.15) is 0 Å². The molecule has 0 amide bonds. The van der Waals surface area contributed by atoms with Crippen molar-refractivity contribution in [1.29, 1.82) is 0 Å². The Balaban J connectivity index is 1.86. The lowest BCUT2D eigenvalue weighted by Crippen LogP contribution is -2.27. The second-order valence-electron chi connectivity index (χ2n) is 3.13. The average molecular weight is 166 g/mol. The smallest absolute Gasteiger partial charge is 0.0519 e. The van der Waals surface area contributed by atoms with E-state index in [1.54, 1.807) is 0 Å². The molecule has 0 spiro atoms. The van der Waals surface area contributed by atoms with E-state index in [4.69, 9.17) is 4.74 Å². The van der Waals surface area contributed by atoms with Crippen molar-refractivity contribution in [1.82, 2.24) is 4.98 Å². The van der Waals surface area contributed by atoms with Crippen molar-refractivity contribution in [3.8, 4) is 0 Å². The molecule has 1 aliphatic heterocycles. The molecular formula is C9H14N2O. The van der Waals surface area contributed by atoms with Crippen molar-refractivity contribution in [3.05, 3.63) is 18.5 Å². The predicted octanol–water partition coefficient (Wildman–Crippen LogP) is 1.61. The van der Waals surface area contributed by atoms with E-state index in [1.807, 2.05) is 12.4 Å². The first-order valence-electron chi connectivity index (χ1n) is 4.42. The highest BCUT2D eigenvalue weighted by atomic mass is 16.5. The van der Waals surface area contributed by atoms with Crippen molar-refractivity contribution >= 4 is 5.69 Å². The van der Waals surface area contributed by atoms with E-state index in [0.29, 0.717) is 6.04 Å². The topological polar surface area (TPSA) is 37.0 Å². The van der Waals surface area contributed by atoms with E-state index in [9.17, 15) is 0 Å². The van der Waals surface area contributed by atoms with Gasteiger partial charge in [0.2, 0.25) is 0 Å². The Morgan fingerprint density at radius 2 is 2.25 bits per heavy atom. The van der Waals surface area contributed by atoms with Crippen LogP contribution in [0.5, 0.6) is 0 Å². The maximum absolute atomic E-state index is 5.27. The first-order chi connectivity index (χ1) is 5.95. The van der Waals surface area contributed by atoms with Gasteiger partial charge in [-0.1, -0.05) is 0 Å². The first-order valence-corrected chi connectivity index (χ1v) is 4.42. The van der Waals surface area contributed by atoms with Crippen LogP contribution in [0.1, 0.15) is 12.8 Å². The van der Waals surface area contributed by atoms with Crippen LogP contribution in [0.4, 0.5) is 5.69 Å². The van der Waals surface area contributed by atoms with Crippen LogP contribution < -0.4 is 5.32 Å². The van der Waals surface area contributed by atoms with Crippen LogP contribution in [0, 0.1) is 0 Å². The molecule has 0 radical (unpaired) electrons. The number of hydrogen-bond donors (Lipinski definition) is 2. The number of nitrogens with one attached hydrogen (secondary N) is 2. The Labute approximate surface area is 72.1 Å².